The van der Waals surface area contributed by atoms with Gasteiger partial charge in [-0.05, 0) is 67.0 Å². The standard InChI is InChI=1S/C12H19BrN2O.ClH/c1-15(8-10-3-2-6-14-7-10)9-11-4-5-12(13)16-11;/h4-5,10,14H,2-3,6-9H2,1H3;1H. The van der Waals surface area contributed by atoms with E-state index in [-0.39, 0.29) is 12.4 Å². The molecular formula is C12H20BrClN2O. The fourth-order valence-corrected chi connectivity index (χ4v) is 2.63. The van der Waals surface area contributed by atoms with E-state index in [0.717, 1.165) is 36.0 Å². The van der Waals surface area contributed by atoms with E-state index in [1.54, 1.807) is 0 Å². The van der Waals surface area contributed by atoms with Gasteiger partial charge in [0.05, 0.1) is 6.54 Å². The first-order chi connectivity index (χ1) is 7.74. The summed E-state index contributed by atoms with van der Waals surface area (Å²) in [5, 5.41) is 3.45. The number of piperidine rings is 1. The minimum Gasteiger partial charge on any atom is -0.453 e. The average molecular weight is 324 g/mol. The predicted octanol–water partition coefficient (Wildman–Crippen LogP) is 2.90. The smallest absolute Gasteiger partial charge is 0.169 e. The van der Waals surface area contributed by atoms with Crippen LogP contribution in [0, 0.1) is 5.92 Å². The zero-order valence-corrected chi connectivity index (χ0v) is 12.5. The van der Waals surface area contributed by atoms with Crippen LogP contribution in [-0.2, 0) is 6.54 Å². The fourth-order valence-electron chi connectivity index (χ4n) is 2.29. The molecule has 0 aliphatic carbocycles. The molecule has 1 aromatic rings. The second-order valence-electron chi connectivity index (χ2n) is 4.61. The molecule has 1 aliphatic heterocycles. The molecule has 17 heavy (non-hydrogen) atoms. The van der Waals surface area contributed by atoms with Crippen molar-refractivity contribution in [1.82, 2.24) is 10.2 Å². The Bertz CT molecular complexity index is 326. The molecule has 0 saturated carbocycles. The van der Waals surface area contributed by atoms with Crippen LogP contribution >= 0.6 is 28.3 Å². The van der Waals surface area contributed by atoms with Crippen LogP contribution in [0.4, 0.5) is 0 Å². The molecule has 0 spiro atoms. The van der Waals surface area contributed by atoms with Gasteiger partial charge in [-0.3, -0.25) is 4.90 Å². The molecule has 0 aromatic carbocycles. The van der Waals surface area contributed by atoms with Gasteiger partial charge in [0.1, 0.15) is 5.76 Å². The zero-order valence-electron chi connectivity index (χ0n) is 10.1. The van der Waals surface area contributed by atoms with Crippen LogP contribution in [0.15, 0.2) is 21.2 Å². The first-order valence-electron chi connectivity index (χ1n) is 5.87. The van der Waals surface area contributed by atoms with Crippen molar-refractivity contribution in [2.75, 3.05) is 26.7 Å². The first kappa shape index (κ1) is 15.0. The summed E-state index contributed by atoms with van der Waals surface area (Å²) in [4.78, 5) is 2.34. The highest BCUT2D eigenvalue weighted by molar-refractivity contribution is 9.10. The summed E-state index contributed by atoms with van der Waals surface area (Å²) in [6, 6.07) is 3.98. The van der Waals surface area contributed by atoms with Crippen LogP contribution in [0.1, 0.15) is 18.6 Å². The lowest BCUT2D eigenvalue weighted by Crippen LogP contribution is -2.36. The van der Waals surface area contributed by atoms with Gasteiger partial charge in [0, 0.05) is 6.54 Å². The van der Waals surface area contributed by atoms with Gasteiger partial charge < -0.3 is 9.73 Å². The van der Waals surface area contributed by atoms with Gasteiger partial charge in [-0.25, -0.2) is 0 Å². The summed E-state index contributed by atoms with van der Waals surface area (Å²) in [5.74, 6) is 1.82. The third-order valence-electron chi connectivity index (χ3n) is 3.02. The minimum absolute atomic E-state index is 0. The number of nitrogens with one attached hydrogen (secondary N) is 1. The molecule has 1 N–H and O–H groups in total. The molecule has 1 unspecified atom stereocenters. The van der Waals surface area contributed by atoms with Crippen molar-refractivity contribution in [3.63, 3.8) is 0 Å². The largest absolute Gasteiger partial charge is 0.453 e. The van der Waals surface area contributed by atoms with E-state index in [0.29, 0.717) is 0 Å². The van der Waals surface area contributed by atoms with Crippen molar-refractivity contribution < 1.29 is 4.42 Å². The molecule has 1 atom stereocenters. The van der Waals surface area contributed by atoms with Crippen LogP contribution in [0.3, 0.4) is 0 Å². The maximum Gasteiger partial charge on any atom is 0.169 e. The Morgan fingerprint density at radius 3 is 2.94 bits per heavy atom. The minimum atomic E-state index is 0. The number of furan rings is 1. The van der Waals surface area contributed by atoms with Gasteiger partial charge in [-0.2, -0.15) is 0 Å². The molecule has 3 nitrogen and oxygen atoms in total. The number of halogens is 2. The lowest BCUT2D eigenvalue weighted by atomic mass is 9.99. The highest BCUT2D eigenvalue weighted by Crippen LogP contribution is 2.17. The molecule has 1 saturated heterocycles. The van der Waals surface area contributed by atoms with E-state index in [4.69, 9.17) is 4.42 Å². The van der Waals surface area contributed by atoms with Crippen LogP contribution in [0.5, 0.6) is 0 Å². The molecule has 0 bridgehead atoms. The second-order valence-corrected chi connectivity index (χ2v) is 5.40. The first-order valence-corrected chi connectivity index (χ1v) is 6.67. The monoisotopic (exact) mass is 322 g/mol. The fraction of sp³-hybridized carbons (Fsp3) is 0.667. The lowest BCUT2D eigenvalue weighted by molar-refractivity contribution is 0.223. The zero-order chi connectivity index (χ0) is 11.4. The highest BCUT2D eigenvalue weighted by Gasteiger charge is 2.15. The third kappa shape index (κ3) is 5.00. The summed E-state index contributed by atoms with van der Waals surface area (Å²) in [7, 11) is 2.16. The van der Waals surface area contributed by atoms with Crippen molar-refractivity contribution in [2.45, 2.75) is 19.4 Å². The predicted molar refractivity (Wildman–Crippen MR) is 75.6 cm³/mol. The highest BCUT2D eigenvalue weighted by atomic mass is 79.9. The quantitative estimate of drug-likeness (QED) is 0.923. The number of hydrogen-bond acceptors (Lipinski definition) is 3. The third-order valence-corrected chi connectivity index (χ3v) is 3.45. The van der Waals surface area contributed by atoms with Crippen molar-refractivity contribution >= 4 is 28.3 Å². The maximum atomic E-state index is 5.50. The molecular weight excluding hydrogens is 304 g/mol. The summed E-state index contributed by atoms with van der Waals surface area (Å²) in [6.07, 6.45) is 2.66. The van der Waals surface area contributed by atoms with Crippen molar-refractivity contribution in [2.24, 2.45) is 5.92 Å². The maximum absolute atomic E-state index is 5.50. The molecule has 1 aromatic heterocycles. The molecule has 2 rings (SSSR count). The van der Waals surface area contributed by atoms with Crippen molar-refractivity contribution in [3.8, 4) is 0 Å². The topological polar surface area (TPSA) is 28.4 Å². The summed E-state index contributed by atoms with van der Waals surface area (Å²) < 4.78 is 6.32. The average Bonchev–Trinajstić information content (AvgIpc) is 2.65. The van der Waals surface area contributed by atoms with Gasteiger partial charge in [0.2, 0.25) is 0 Å². The Hall–Kier alpha value is -0.0300. The number of nitrogens with zero attached hydrogens (tertiary/aromatic N) is 1. The Labute approximate surface area is 117 Å². The molecule has 1 fully saturated rings. The number of hydrogen-bond donors (Lipinski definition) is 1. The van der Waals surface area contributed by atoms with Gasteiger partial charge in [0.15, 0.2) is 4.67 Å². The molecule has 98 valence electrons. The summed E-state index contributed by atoms with van der Waals surface area (Å²) in [5.41, 5.74) is 0. The SMILES string of the molecule is CN(Cc1ccc(Br)o1)CC1CCCNC1.Cl. The van der Waals surface area contributed by atoms with Crippen molar-refractivity contribution in [3.05, 3.63) is 22.6 Å². The van der Waals surface area contributed by atoms with E-state index in [9.17, 15) is 0 Å². The number of rotatable bonds is 4. The Morgan fingerprint density at radius 2 is 2.35 bits per heavy atom. The van der Waals surface area contributed by atoms with E-state index in [2.05, 4.69) is 33.2 Å². The normalized spacial score (nSPS) is 20.3. The van der Waals surface area contributed by atoms with Gasteiger partial charge in [0.25, 0.3) is 0 Å². The molecule has 1 aliphatic rings. The van der Waals surface area contributed by atoms with Crippen LogP contribution < -0.4 is 5.32 Å². The van der Waals surface area contributed by atoms with Gasteiger partial charge in [-0.15, -0.1) is 12.4 Å². The second kappa shape index (κ2) is 7.41. The lowest BCUT2D eigenvalue weighted by Gasteiger charge is -2.27. The Morgan fingerprint density at radius 1 is 1.53 bits per heavy atom. The van der Waals surface area contributed by atoms with E-state index >= 15 is 0 Å². The summed E-state index contributed by atoms with van der Waals surface area (Å²) >= 11 is 3.33. The Balaban J connectivity index is 0.00000144. The van der Waals surface area contributed by atoms with E-state index in [1.807, 2.05) is 12.1 Å². The van der Waals surface area contributed by atoms with Gasteiger partial charge >= 0.3 is 0 Å². The van der Waals surface area contributed by atoms with Crippen LogP contribution in [0.2, 0.25) is 0 Å². The van der Waals surface area contributed by atoms with Crippen molar-refractivity contribution in [1.29, 1.82) is 0 Å². The Kier molecular flexibility index (Phi) is 6.55. The van der Waals surface area contributed by atoms with Gasteiger partial charge in [-0.1, -0.05) is 0 Å². The molecule has 0 radical (unpaired) electrons. The van der Waals surface area contributed by atoms with E-state index in [1.165, 1.54) is 19.4 Å². The molecule has 2 heterocycles. The van der Waals surface area contributed by atoms with Crippen LogP contribution in [0.25, 0.3) is 0 Å². The van der Waals surface area contributed by atoms with E-state index < -0.39 is 0 Å². The van der Waals surface area contributed by atoms with Crippen LogP contribution in [-0.4, -0.2) is 31.6 Å². The molecule has 5 heteroatoms. The molecule has 0 amide bonds. The summed E-state index contributed by atoms with van der Waals surface area (Å²) in [6.45, 7) is 4.38.